The van der Waals surface area contributed by atoms with Crippen LogP contribution in [0.4, 0.5) is 10.1 Å². The highest BCUT2D eigenvalue weighted by Crippen LogP contribution is 2.37. The van der Waals surface area contributed by atoms with Gasteiger partial charge >= 0.3 is 0 Å². The summed E-state index contributed by atoms with van der Waals surface area (Å²) in [5, 5.41) is 17.8. The average Bonchev–Trinajstić information content (AvgIpc) is 3.10. The second kappa shape index (κ2) is 7.20. The van der Waals surface area contributed by atoms with Gasteiger partial charge in [-0.3, -0.25) is 0 Å². The summed E-state index contributed by atoms with van der Waals surface area (Å²) in [5.41, 5.74) is 2.85. The highest BCUT2D eigenvalue weighted by molar-refractivity contribution is 5.68. The first-order chi connectivity index (χ1) is 13.0. The number of nitrogens with zero attached hydrogens (tertiary/aromatic N) is 4. The van der Waals surface area contributed by atoms with Gasteiger partial charge in [0.15, 0.2) is 0 Å². The van der Waals surface area contributed by atoms with E-state index in [2.05, 4.69) is 10.3 Å². The maximum atomic E-state index is 14.7. The molecule has 0 saturated carbocycles. The van der Waals surface area contributed by atoms with Crippen LogP contribution in [0.1, 0.15) is 31.7 Å². The predicted octanol–water partition coefficient (Wildman–Crippen LogP) is 2.78. The van der Waals surface area contributed by atoms with E-state index in [1.807, 2.05) is 31.0 Å². The lowest BCUT2D eigenvalue weighted by Gasteiger charge is -2.48. The molecule has 1 aromatic heterocycles. The van der Waals surface area contributed by atoms with Gasteiger partial charge < -0.3 is 14.7 Å². The topological polar surface area (TPSA) is 63.4 Å². The Kier molecular flexibility index (Phi) is 4.90. The standard InChI is InChI=1S/C20H27FN4O2/c1-14-7-19(24-11-20(2,12-24)13-26)17(21)8-16(14)18-10-25(23-22-18)9-15-5-3-4-6-27-15/h7-8,10,15,26H,3-6,9,11-13H2,1-2H3/t15-/m1/s1. The summed E-state index contributed by atoms with van der Waals surface area (Å²) < 4.78 is 22.3. The number of aliphatic hydroxyl groups excluding tert-OH is 1. The molecule has 0 amide bonds. The first-order valence-electron chi connectivity index (χ1n) is 9.65. The molecule has 3 heterocycles. The summed E-state index contributed by atoms with van der Waals surface area (Å²) in [5.74, 6) is -0.263. The van der Waals surface area contributed by atoms with Crippen molar-refractivity contribution < 1.29 is 14.2 Å². The second-order valence-corrected chi connectivity index (χ2v) is 8.26. The van der Waals surface area contributed by atoms with Gasteiger partial charge in [-0.1, -0.05) is 12.1 Å². The molecule has 2 aliphatic rings. The van der Waals surface area contributed by atoms with Gasteiger partial charge in [-0.25, -0.2) is 9.07 Å². The largest absolute Gasteiger partial charge is 0.396 e. The Morgan fingerprint density at radius 2 is 2.15 bits per heavy atom. The zero-order valence-electron chi connectivity index (χ0n) is 16.0. The fraction of sp³-hybridized carbons (Fsp3) is 0.600. The van der Waals surface area contributed by atoms with E-state index >= 15 is 0 Å². The van der Waals surface area contributed by atoms with Gasteiger partial charge in [-0.2, -0.15) is 0 Å². The van der Waals surface area contributed by atoms with Gasteiger partial charge in [0, 0.05) is 30.7 Å². The number of halogens is 1. The average molecular weight is 374 g/mol. The van der Waals surface area contributed by atoms with Crippen molar-refractivity contribution in [3.63, 3.8) is 0 Å². The van der Waals surface area contributed by atoms with Crippen LogP contribution in [0.5, 0.6) is 0 Å². The first kappa shape index (κ1) is 18.4. The van der Waals surface area contributed by atoms with Crippen LogP contribution < -0.4 is 4.90 Å². The molecular weight excluding hydrogens is 347 g/mol. The lowest BCUT2D eigenvalue weighted by molar-refractivity contribution is 0.00370. The van der Waals surface area contributed by atoms with Gasteiger partial charge in [0.2, 0.25) is 0 Å². The third-order valence-electron chi connectivity index (χ3n) is 5.64. The van der Waals surface area contributed by atoms with Crippen molar-refractivity contribution in [3.8, 4) is 11.3 Å². The molecule has 2 saturated heterocycles. The molecule has 2 aromatic rings. The van der Waals surface area contributed by atoms with E-state index in [-0.39, 0.29) is 23.9 Å². The van der Waals surface area contributed by atoms with Crippen LogP contribution in [-0.4, -0.2) is 52.5 Å². The van der Waals surface area contributed by atoms with E-state index in [9.17, 15) is 9.50 Å². The van der Waals surface area contributed by atoms with Crippen molar-refractivity contribution in [2.75, 3.05) is 31.2 Å². The maximum Gasteiger partial charge on any atom is 0.147 e. The Labute approximate surface area is 158 Å². The SMILES string of the molecule is Cc1cc(N2CC(C)(CO)C2)c(F)cc1-c1cn(C[C@H]2CCCCO2)nn1. The fourth-order valence-electron chi connectivity index (χ4n) is 4.00. The highest BCUT2D eigenvalue weighted by atomic mass is 19.1. The van der Waals surface area contributed by atoms with Crippen LogP contribution in [0.15, 0.2) is 18.3 Å². The number of hydrogen-bond acceptors (Lipinski definition) is 5. The predicted molar refractivity (Wildman–Crippen MR) is 101 cm³/mol. The van der Waals surface area contributed by atoms with Crippen molar-refractivity contribution >= 4 is 5.69 Å². The van der Waals surface area contributed by atoms with Crippen molar-refractivity contribution in [2.24, 2.45) is 5.41 Å². The molecule has 1 aromatic carbocycles. The number of hydrogen-bond donors (Lipinski definition) is 1. The monoisotopic (exact) mass is 374 g/mol. The molecule has 0 radical (unpaired) electrons. The van der Waals surface area contributed by atoms with Crippen LogP contribution in [0.3, 0.4) is 0 Å². The molecule has 7 heteroatoms. The van der Waals surface area contributed by atoms with E-state index in [0.29, 0.717) is 31.0 Å². The molecule has 1 N–H and O–H groups in total. The van der Waals surface area contributed by atoms with E-state index in [1.54, 1.807) is 10.7 Å². The molecule has 0 spiro atoms. The van der Waals surface area contributed by atoms with E-state index < -0.39 is 0 Å². The van der Waals surface area contributed by atoms with E-state index in [1.165, 1.54) is 6.42 Å². The lowest BCUT2D eigenvalue weighted by Crippen LogP contribution is -2.57. The summed E-state index contributed by atoms with van der Waals surface area (Å²) in [7, 11) is 0. The Bertz CT molecular complexity index is 810. The van der Waals surface area contributed by atoms with Crippen LogP contribution in [0, 0.1) is 18.2 Å². The third kappa shape index (κ3) is 3.71. The first-order valence-corrected chi connectivity index (χ1v) is 9.65. The molecule has 0 bridgehead atoms. The van der Waals surface area contributed by atoms with Gasteiger partial charge in [0.05, 0.1) is 31.1 Å². The Balaban J connectivity index is 1.50. The van der Waals surface area contributed by atoms with Crippen molar-refractivity contribution in [1.82, 2.24) is 15.0 Å². The van der Waals surface area contributed by atoms with Gasteiger partial charge in [0.1, 0.15) is 11.5 Å². The molecule has 27 heavy (non-hydrogen) atoms. The smallest absolute Gasteiger partial charge is 0.147 e. The van der Waals surface area contributed by atoms with Gasteiger partial charge in [0.25, 0.3) is 0 Å². The summed E-state index contributed by atoms with van der Waals surface area (Å²) in [6.07, 6.45) is 5.40. The Morgan fingerprint density at radius 3 is 2.85 bits per heavy atom. The normalized spacial score (nSPS) is 21.9. The third-order valence-corrected chi connectivity index (χ3v) is 5.64. The highest BCUT2D eigenvalue weighted by Gasteiger charge is 2.39. The van der Waals surface area contributed by atoms with Crippen LogP contribution in [0.2, 0.25) is 0 Å². The zero-order valence-corrected chi connectivity index (χ0v) is 16.0. The van der Waals surface area contributed by atoms with E-state index in [4.69, 9.17) is 4.74 Å². The molecular formula is C20H27FN4O2. The number of ether oxygens (including phenoxy) is 1. The number of benzene rings is 1. The Morgan fingerprint density at radius 1 is 1.33 bits per heavy atom. The Hall–Kier alpha value is -1.99. The maximum absolute atomic E-state index is 14.7. The fourth-order valence-corrected chi connectivity index (χ4v) is 4.00. The van der Waals surface area contributed by atoms with Crippen LogP contribution in [0.25, 0.3) is 11.3 Å². The van der Waals surface area contributed by atoms with Crippen LogP contribution >= 0.6 is 0 Å². The summed E-state index contributed by atoms with van der Waals surface area (Å²) >= 11 is 0. The quantitative estimate of drug-likeness (QED) is 0.872. The van der Waals surface area contributed by atoms with Crippen molar-refractivity contribution in [1.29, 1.82) is 0 Å². The molecule has 2 fully saturated rings. The molecule has 1 atom stereocenters. The van der Waals surface area contributed by atoms with Crippen LogP contribution in [-0.2, 0) is 11.3 Å². The lowest BCUT2D eigenvalue weighted by atomic mass is 9.82. The second-order valence-electron chi connectivity index (χ2n) is 8.26. The molecule has 2 aliphatic heterocycles. The van der Waals surface area contributed by atoms with Crippen molar-refractivity contribution in [3.05, 3.63) is 29.7 Å². The minimum absolute atomic E-state index is 0.121. The summed E-state index contributed by atoms with van der Waals surface area (Å²) in [6.45, 7) is 6.91. The number of anilines is 1. The van der Waals surface area contributed by atoms with Gasteiger partial charge in [-0.05, 0) is 43.9 Å². The number of rotatable bonds is 5. The molecule has 146 valence electrons. The number of aryl methyl sites for hydroxylation is 1. The zero-order chi connectivity index (χ0) is 19.0. The summed E-state index contributed by atoms with van der Waals surface area (Å²) in [4.78, 5) is 1.97. The van der Waals surface area contributed by atoms with E-state index in [0.717, 1.165) is 30.6 Å². The minimum atomic E-state index is -0.263. The van der Waals surface area contributed by atoms with Gasteiger partial charge in [-0.15, -0.1) is 5.10 Å². The molecule has 4 rings (SSSR count). The number of aromatic nitrogens is 3. The minimum Gasteiger partial charge on any atom is -0.396 e. The molecule has 0 aliphatic carbocycles. The molecule has 0 unspecified atom stereocenters. The molecule has 6 nitrogen and oxygen atoms in total. The summed E-state index contributed by atoms with van der Waals surface area (Å²) in [6, 6.07) is 3.41. The van der Waals surface area contributed by atoms with Crippen molar-refractivity contribution in [2.45, 2.75) is 45.8 Å². The number of aliphatic hydroxyl groups is 1.